The van der Waals surface area contributed by atoms with Crippen LogP contribution in [0.3, 0.4) is 0 Å². The zero-order valence-corrected chi connectivity index (χ0v) is 21.1. The number of nitrogens with zero attached hydrogens (tertiary/aromatic N) is 1. The first-order valence-corrected chi connectivity index (χ1v) is 11.8. The number of hydrogen-bond acceptors (Lipinski definition) is 4. The second kappa shape index (κ2) is 9.55. The third-order valence-electron chi connectivity index (χ3n) is 3.81. The van der Waals surface area contributed by atoms with E-state index in [1.54, 1.807) is 24.3 Å². The van der Waals surface area contributed by atoms with Gasteiger partial charge in [-0.05, 0) is 99.8 Å². The van der Waals surface area contributed by atoms with E-state index >= 15 is 0 Å². The second-order valence-electron chi connectivity index (χ2n) is 5.76. The molecule has 0 radical (unpaired) electrons. The van der Waals surface area contributed by atoms with Crippen molar-refractivity contribution in [1.82, 2.24) is 4.90 Å². The predicted octanol–water partition coefficient (Wildman–Crippen LogP) is 6.84. The molecule has 0 bridgehead atoms. The van der Waals surface area contributed by atoms with Gasteiger partial charge in [-0.2, -0.15) is 0 Å². The van der Waals surface area contributed by atoms with Gasteiger partial charge >= 0.3 is 0 Å². The molecule has 146 valence electrons. The number of halogens is 4. The number of amides is 2. The predicted molar refractivity (Wildman–Crippen MR) is 131 cm³/mol. The number of imide groups is 1. The summed E-state index contributed by atoms with van der Waals surface area (Å²) in [4.78, 5) is 26.8. The van der Waals surface area contributed by atoms with Crippen LogP contribution in [-0.2, 0) is 11.3 Å². The highest BCUT2D eigenvalue weighted by Gasteiger charge is 2.35. The standard InChI is InChI=1S/C19H13Cl2I2NO3S/c1-2-27-17-11(6-12(22)8-15(17)23)7-16-18(25)24(19(26)28-16)9-10-3-4-13(20)14(21)5-10/h3-8H,2,9H2,1H3/b16-7+. The van der Waals surface area contributed by atoms with Gasteiger partial charge in [0.25, 0.3) is 11.1 Å². The summed E-state index contributed by atoms with van der Waals surface area (Å²) in [5.74, 6) is 0.372. The van der Waals surface area contributed by atoms with E-state index in [0.717, 1.165) is 30.0 Å². The highest BCUT2D eigenvalue weighted by Crippen LogP contribution is 2.37. The smallest absolute Gasteiger partial charge is 0.293 e. The Morgan fingerprint density at radius 2 is 1.89 bits per heavy atom. The molecule has 0 N–H and O–H groups in total. The van der Waals surface area contributed by atoms with Gasteiger partial charge in [-0.1, -0.05) is 29.3 Å². The van der Waals surface area contributed by atoms with Gasteiger partial charge in [0, 0.05) is 9.13 Å². The molecule has 1 saturated heterocycles. The molecule has 0 unspecified atom stereocenters. The fraction of sp³-hybridized carbons (Fsp3) is 0.158. The molecule has 28 heavy (non-hydrogen) atoms. The lowest BCUT2D eigenvalue weighted by molar-refractivity contribution is -0.123. The van der Waals surface area contributed by atoms with Crippen LogP contribution in [0.2, 0.25) is 10.0 Å². The molecule has 3 rings (SSSR count). The first-order chi connectivity index (χ1) is 13.3. The van der Waals surface area contributed by atoms with Crippen molar-refractivity contribution in [1.29, 1.82) is 0 Å². The van der Waals surface area contributed by atoms with Gasteiger partial charge < -0.3 is 4.74 Å². The van der Waals surface area contributed by atoms with Crippen LogP contribution in [-0.4, -0.2) is 22.7 Å². The maximum Gasteiger partial charge on any atom is 0.293 e. The van der Waals surface area contributed by atoms with Gasteiger partial charge in [-0.25, -0.2) is 0 Å². The topological polar surface area (TPSA) is 46.6 Å². The van der Waals surface area contributed by atoms with Gasteiger partial charge in [0.2, 0.25) is 0 Å². The Morgan fingerprint density at radius 3 is 2.57 bits per heavy atom. The molecule has 0 aromatic heterocycles. The highest BCUT2D eigenvalue weighted by molar-refractivity contribution is 14.1. The lowest BCUT2D eigenvalue weighted by Crippen LogP contribution is -2.27. The van der Waals surface area contributed by atoms with Crippen molar-refractivity contribution in [3.05, 3.63) is 63.5 Å². The normalized spacial score (nSPS) is 15.6. The summed E-state index contributed by atoms with van der Waals surface area (Å²) < 4.78 is 7.71. The average molecular weight is 660 g/mol. The fourth-order valence-corrected chi connectivity index (χ4v) is 5.78. The lowest BCUT2D eigenvalue weighted by Gasteiger charge is -2.13. The van der Waals surface area contributed by atoms with Gasteiger partial charge in [-0.3, -0.25) is 14.5 Å². The van der Waals surface area contributed by atoms with Gasteiger partial charge in [0.05, 0.1) is 31.7 Å². The van der Waals surface area contributed by atoms with Crippen molar-refractivity contribution in [3.63, 3.8) is 0 Å². The molecule has 2 amide bonds. The van der Waals surface area contributed by atoms with Gasteiger partial charge in [0.15, 0.2) is 0 Å². The Kier molecular flexibility index (Phi) is 7.57. The van der Waals surface area contributed by atoms with E-state index in [2.05, 4.69) is 45.2 Å². The Bertz CT molecular complexity index is 997. The number of carbonyl (C=O) groups is 2. The minimum atomic E-state index is -0.336. The molecule has 1 aliphatic rings. The summed E-state index contributed by atoms with van der Waals surface area (Å²) in [5.41, 5.74) is 1.51. The molecular formula is C19H13Cl2I2NO3S. The molecule has 0 atom stereocenters. The summed E-state index contributed by atoms with van der Waals surface area (Å²) >= 11 is 17.3. The van der Waals surface area contributed by atoms with E-state index in [9.17, 15) is 9.59 Å². The van der Waals surface area contributed by atoms with Crippen LogP contribution in [0.5, 0.6) is 5.75 Å². The minimum Gasteiger partial charge on any atom is -0.492 e. The average Bonchev–Trinajstić information content (AvgIpc) is 2.88. The molecule has 4 nitrogen and oxygen atoms in total. The summed E-state index contributed by atoms with van der Waals surface area (Å²) in [6.07, 6.45) is 1.72. The van der Waals surface area contributed by atoms with Gasteiger partial charge in [-0.15, -0.1) is 0 Å². The maximum atomic E-state index is 12.8. The summed E-state index contributed by atoms with van der Waals surface area (Å²) in [6, 6.07) is 8.98. The van der Waals surface area contributed by atoms with Crippen molar-refractivity contribution in [2.75, 3.05) is 6.61 Å². The largest absolute Gasteiger partial charge is 0.492 e. The van der Waals surface area contributed by atoms with Crippen molar-refractivity contribution < 1.29 is 14.3 Å². The first-order valence-electron chi connectivity index (χ1n) is 8.11. The van der Waals surface area contributed by atoms with Crippen molar-refractivity contribution in [2.24, 2.45) is 0 Å². The third kappa shape index (κ3) is 4.97. The zero-order chi connectivity index (χ0) is 20.4. The van der Waals surface area contributed by atoms with Crippen LogP contribution >= 0.6 is 80.1 Å². The third-order valence-corrected chi connectivity index (χ3v) is 6.88. The van der Waals surface area contributed by atoms with Crippen LogP contribution in [0.4, 0.5) is 4.79 Å². The SMILES string of the molecule is CCOc1c(I)cc(I)cc1/C=C1/SC(=O)N(Cc2ccc(Cl)c(Cl)c2)C1=O. The second-order valence-corrected chi connectivity index (χ2v) is 9.97. The van der Waals surface area contributed by atoms with Crippen LogP contribution in [0.25, 0.3) is 6.08 Å². The zero-order valence-electron chi connectivity index (χ0n) is 14.5. The van der Waals surface area contributed by atoms with Crippen molar-refractivity contribution >= 4 is 97.4 Å². The number of benzene rings is 2. The Morgan fingerprint density at radius 1 is 1.14 bits per heavy atom. The molecule has 1 aliphatic heterocycles. The van der Waals surface area contributed by atoms with E-state index in [0.29, 0.717) is 27.3 Å². The molecule has 0 aliphatic carbocycles. The van der Waals surface area contributed by atoms with Crippen LogP contribution in [0.15, 0.2) is 35.2 Å². The van der Waals surface area contributed by atoms with Gasteiger partial charge in [0.1, 0.15) is 5.75 Å². The molecular weight excluding hydrogens is 647 g/mol. The Labute approximate surface area is 204 Å². The molecule has 1 fully saturated rings. The number of thioether (sulfide) groups is 1. The monoisotopic (exact) mass is 659 g/mol. The number of carbonyl (C=O) groups excluding carboxylic acids is 2. The summed E-state index contributed by atoms with van der Waals surface area (Å²) in [6.45, 7) is 2.56. The van der Waals surface area contributed by atoms with Crippen LogP contribution < -0.4 is 4.74 Å². The summed E-state index contributed by atoms with van der Waals surface area (Å²) in [7, 11) is 0. The van der Waals surface area contributed by atoms with E-state index in [1.807, 2.05) is 19.1 Å². The molecule has 9 heteroatoms. The summed E-state index contributed by atoms with van der Waals surface area (Å²) in [5, 5.41) is 0.494. The van der Waals surface area contributed by atoms with E-state index < -0.39 is 0 Å². The lowest BCUT2D eigenvalue weighted by atomic mass is 10.1. The Balaban J connectivity index is 1.90. The van der Waals surface area contributed by atoms with Crippen LogP contribution in [0, 0.1) is 7.14 Å². The highest BCUT2D eigenvalue weighted by atomic mass is 127. The first kappa shape index (κ1) is 22.2. The quantitative estimate of drug-likeness (QED) is 0.261. The minimum absolute atomic E-state index is 0.140. The molecule has 2 aromatic carbocycles. The Hall–Kier alpha value is -0.490. The molecule has 2 aromatic rings. The van der Waals surface area contributed by atoms with E-state index in [1.165, 1.54) is 4.90 Å². The number of rotatable bonds is 5. The maximum absolute atomic E-state index is 12.8. The number of hydrogen-bond donors (Lipinski definition) is 0. The molecule has 0 saturated carbocycles. The number of ether oxygens (including phenoxy) is 1. The van der Waals surface area contributed by atoms with E-state index in [4.69, 9.17) is 27.9 Å². The van der Waals surface area contributed by atoms with Crippen molar-refractivity contribution in [2.45, 2.75) is 13.5 Å². The van der Waals surface area contributed by atoms with E-state index in [-0.39, 0.29) is 17.7 Å². The molecule has 1 heterocycles. The van der Waals surface area contributed by atoms with Crippen LogP contribution in [0.1, 0.15) is 18.1 Å². The fourth-order valence-electron chi connectivity index (χ4n) is 2.58. The molecule has 0 spiro atoms. The van der Waals surface area contributed by atoms with Crippen molar-refractivity contribution in [3.8, 4) is 5.75 Å².